The van der Waals surface area contributed by atoms with Crippen LogP contribution in [-0.2, 0) is 4.79 Å². The maximum atomic E-state index is 10.9. The van der Waals surface area contributed by atoms with Gasteiger partial charge in [0.2, 0.25) is 0 Å². The summed E-state index contributed by atoms with van der Waals surface area (Å²) in [7, 11) is 0. The highest BCUT2D eigenvalue weighted by Crippen LogP contribution is 2.12. The van der Waals surface area contributed by atoms with Gasteiger partial charge in [-0.2, -0.15) is 0 Å². The Labute approximate surface area is 141 Å². The van der Waals surface area contributed by atoms with E-state index in [1.807, 2.05) is 0 Å². The Hall–Kier alpha value is -0.790. The van der Waals surface area contributed by atoms with E-state index in [-0.39, 0.29) is 6.42 Å². The van der Waals surface area contributed by atoms with Gasteiger partial charge >= 0.3 is 5.97 Å². The molecule has 0 aromatic heterocycles. The van der Waals surface area contributed by atoms with Gasteiger partial charge in [-0.05, 0) is 12.7 Å². The largest absolute Gasteiger partial charge is 0.478 e. The van der Waals surface area contributed by atoms with E-state index in [9.17, 15) is 4.79 Å². The molecular formula is C18H34O2. The second kappa shape index (κ2) is 16.3. The van der Waals surface area contributed by atoms with Crippen molar-refractivity contribution in [1.29, 1.82) is 0 Å². The van der Waals surface area contributed by atoms with Gasteiger partial charge in [0.05, 0.1) is 2.74 Å². The van der Waals surface area contributed by atoms with Gasteiger partial charge in [-0.25, -0.2) is 4.79 Å². The van der Waals surface area contributed by atoms with Gasteiger partial charge in [0, 0.05) is 18.4 Å². The van der Waals surface area contributed by atoms with E-state index >= 15 is 0 Å². The lowest BCUT2D eigenvalue weighted by molar-refractivity contribution is -0.131. The molecule has 0 saturated heterocycles. The Morgan fingerprint density at radius 3 is 2.20 bits per heavy atom. The number of carboxylic acids is 1. The fourth-order valence-corrected chi connectivity index (χ4v) is 1.69. The summed E-state index contributed by atoms with van der Waals surface area (Å²) >= 11 is 0. The first-order chi connectivity index (χ1) is 14.0. The Kier molecular flexibility index (Phi) is 6.07. The molecule has 0 fully saturated rings. The lowest BCUT2D eigenvalue weighted by Gasteiger charge is -2.02. The average Bonchev–Trinajstić information content (AvgIpc) is 2.67. The fraction of sp³-hybridized carbons (Fsp3) is 0.833. The molecule has 20 heavy (non-hydrogen) atoms. The number of carboxylic acid groups (broad SMARTS) is 1. The van der Waals surface area contributed by atoms with Crippen molar-refractivity contribution in [3.8, 4) is 0 Å². The minimum absolute atomic E-state index is 0.0526. The van der Waals surface area contributed by atoms with E-state index in [2.05, 4.69) is 6.92 Å². The standard InChI is InChI=1S/C18H34O2/c1-2-3-4-5-6-7-8-9-10-11-12-13-14-15-16-17-18(19)20/h16-17H,2-15H2,1H3,(H,19,20)/b17-16-/i11D,12D2,13D2,14D2,15D2,16D,17D. The molecule has 1 atom stereocenters. The van der Waals surface area contributed by atoms with Gasteiger partial charge in [0.25, 0.3) is 0 Å². The predicted molar refractivity (Wildman–Crippen MR) is 87.1 cm³/mol. The molecule has 0 rings (SSSR count). The number of carbonyl (C=O) groups is 1. The van der Waals surface area contributed by atoms with Crippen molar-refractivity contribution >= 4 is 5.97 Å². The minimum atomic E-state index is -3.72. The number of allylic oxidation sites excluding steroid dienone is 1. The van der Waals surface area contributed by atoms with Crippen LogP contribution in [0.15, 0.2) is 12.1 Å². The van der Waals surface area contributed by atoms with Crippen molar-refractivity contribution in [3.63, 3.8) is 0 Å². The van der Waals surface area contributed by atoms with E-state index in [4.69, 9.17) is 20.2 Å². The van der Waals surface area contributed by atoms with E-state index in [0.717, 1.165) is 32.1 Å². The Bertz CT molecular complexity index is 618. The predicted octanol–water partition coefficient (Wildman–Crippen LogP) is 6.11. The summed E-state index contributed by atoms with van der Waals surface area (Å²) in [6, 6.07) is -3.15. The second-order valence-corrected chi connectivity index (χ2v) is 4.54. The molecule has 0 saturated carbocycles. The van der Waals surface area contributed by atoms with Gasteiger partial charge in [-0.15, -0.1) is 0 Å². The molecular weight excluding hydrogens is 248 g/mol. The van der Waals surface area contributed by atoms with Gasteiger partial charge in [-0.3, -0.25) is 0 Å². The summed E-state index contributed by atoms with van der Waals surface area (Å²) in [4.78, 5) is 10.9. The summed E-state index contributed by atoms with van der Waals surface area (Å²) in [5.41, 5.74) is 0. The van der Waals surface area contributed by atoms with Crippen LogP contribution in [0.25, 0.3) is 0 Å². The van der Waals surface area contributed by atoms with Gasteiger partial charge in [0.1, 0.15) is 0 Å². The highest BCUT2D eigenvalue weighted by Gasteiger charge is 1.93. The molecule has 1 unspecified atom stereocenters. The third kappa shape index (κ3) is 17.2. The zero-order valence-electron chi connectivity index (χ0n) is 23.3. The average molecular weight is 294 g/mol. The van der Waals surface area contributed by atoms with Crippen LogP contribution in [-0.4, -0.2) is 11.1 Å². The molecule has 0 bridgehead atoms. The van der Waals surface area contributed by atoms with Crippen molar-refractivity contribution in [2.75, 3.05) is 0 Å². The van der Waals surface area contributed by atoms with E-state index in [1.165, 1.54) is 6.42 Å². The van der Waals surface area contributed by atoms with Crippen LogP contribution in [0.1, 0.15) is 112 Å². The lowest BCUT2D eigenvalue weighted by atomic mass is 10.0. The molecule has 0 spiro atoms. The summed E-state index contributed by atoms with van der Waals surface area (Å²) in [6.07, 6.45) is -8.19. The van der Waals surface area contributed by atoms with Crippen LogP contribution in [0, 0.1) is 0 Å². The van der Waals surface area contributed by atoms with Crippen LogP contribution in [0.3, 0.4) is 0 Å². The monoisotopic (exact) mass is 293 g/mol. The van der Waals surface area contributed by atoms with Crippen molar-refractivity contribution in [2.24, 2.45) is 0 Å². The van der Waals surface area contributed by atoms with Crippen LogP contribution in [0.2, 0.25) is 0 Å². The number of unbranched alkanes of at least 4 members (excludes halogenated alkanes) is 7. The van der Waals surface area contributed by atoms with E-state index < -0.39 is 50.0 Å². The van der Waals surface area contributed by atoms with Crippen LogP contribution in [0.4, 0.5) is 0 Å². The zero-order chi connectivity index (χ0) is 24.7. The minimum Gasteiger partial charge on any atom is -0.478 e. The Morgan fingerprint density at radius 2 is 1.60 bits per heavy atom. The third-order valence-electron chi connectivity index (χ3n) is 2.73. The molecule has 0 aliphatic rings. The molecule has 0 radical (unpaired) electrons. The van der Waals surface area contributed by atoms with E-state index in [1.54, 1.807) is 0 Å². The molecule has 0 aromatic rings. The molecule has 0 heterocycles. The number of hydrogen-bond acceptors (Lipinski definition) is 1. The maximum absolute atomic E-state index is 10.9. The van der Waals surface area contributed by atoms with Gasteiger partial charge < -0.3 is 5.11 Å². The fourth-order valence-electron chi connectivity index (χ4n) is 1.69. The smallest absolute Gasteiger partial charge is 0.327 e. The Balaban J connectivity index is 5.30. The quantitative estimate of drug-likeness (QED) is 0.292. The first-order valence-corrected chi connectivity index (χ1v) is 7.33. The molecule has 2 nitrogen and oxygen atoms in total. The first kappa shape index (κ1) is 7.47. The molecule has 118 valence electrons. The molecule has 2 heteroatoms. The Morgan fingerprint density at radius 1 is 1.00 bits per heavy atom. The lowest BCUT2D eigenvalue weighted by Crippen LogP contribution is -1.86. The number of aliphatic carboxylic acids is 1. The molecule has 0 aliphatic heterocycles. The van der Waals surface area contributed by atoms with E-state index in [0.29, 0.717) is 12.8 Å². The number of hydrogen-bond donors (Lipinski definition) is 1. The number of rotatable bonds is 15. The summed E-state index contributed by atoms with van der Waals surface area (Å²) in [5.74, 6) is -1.98. The molecule has 1 N–H and O–H groups in total. The summed E-state index contributed by atoms with van der Waals surface area (Å²) < 4.78 is 86.4. The van der Waals surface area contributed by atoms with Crippen LogP contribution >= 0.6 is 0 Å². The van der Waals surface area contributed by atoms with Crippen molar-refractivity contribution in [2.45, 2.75) is 96.6 Å². The van der Waals surface area contributed by atoms with Crippen LogP contribution in [0.5, 0.6) is 0 Å². The van der Waals surface area contributed by atoms with Crippen molar-refractivity contribution < 1.29 is 25.0 Å². The zero-order valence-corrected chi connectivity index (χ0v) is 12.3. The normalized spacial score (nSPS) is 24.8. The second-order valence-electron chi connectivity index (χ2n) is 4.54. The topological polar surface area (TPSA) is 37.3 Å². The molecule has 0 aliphatic carbocycles. The van der Waals surface area contributed by atoms with Crippen molar-refractivity contribution in [3.05, 3.63) is 12.1 Å². The summed E-state index contributed by atoms with van der Waals surface area (Å²) in [6.45, 7) is 2.12. The maximum Gasteiger partial charge on any atom is 0.327 e. The highest BCUT2D eigenvalue weighted by molar-refractivity contribution is 5.79. The summed E-state index contributed by atoms with van der Waals surface area (Å²) in [5, 5.41) is 8.78. The van der Waals surface area contributed by atoms with Crippen LogP contribution < -0.4 is 0 Å². The highest BCUT2D eigenvalue weighted by atomic mass is 16.4. The van der Waals surface area contributed by atoms with Crippen molar-refractivity contribution in [1.82, 2.24) is 0 Å². The SMILES string of the molecule is [2H]/C(C(=O)O)=C(\[2H])C([2H])([2H])C([2H])([2H])C([2H])([2H])C([2H])([2H])C([2H])CCCCCCCCCC. The molecule has 0 amide bonds. The van der Waals surface area contributed by atoms with Gasteiger partial charge in [-0.1, -0.05) is 89.9 Å². The molecule has 0 aromatic carbocycles. The first-order valence-electron chi connectivity index (χ1n) is 12.9. The third-order valence-corrected chi connectivity index (χ3v) is 2.73. The van der Waals surface area contributed by atoms with Gasteiger partial charge in [0.15, 0.2) is 0 Å².